The number of rotatable bonds is 4. The lowest BCUT2D eigenvalue weighted by atomic mass is 9.81. The number of nitrogens with zero attached hydrogens (tertiary/aromatic N) is 2. The first-order valence-electron chi connectivity index (χ1n) is 6.92. The van der Waals surface area contributed by atoms with Crippen LogP contribution in [-0.4, -0.2) is 17.1 Å². The first-order chi connectivity index (χ1) is 9.46. The van der Waals surface area contributed by atoms with Crippen LogP contribution >= 0.6 is 0 Å². The standard InChI is InChI=1S/C17H22N2O/c1-12(2)14-6-7-15(19-16(14)20-5)17(3,4)13-8-10-18-11-9-13/h6-12H,1-5H3. The van der Waals surface area contributed by atoms with Crippen molar-refractivity contribution in [2.24, 2.45) is 0 Å². The van der Waals surface area contributed by atoms with E-state index in [2.05, 4.69) is 44.8 Å². The van der Waals surface area contributed by atoms with E-state index in [1.54, 1.807) is 7.11 Å². The van der Waals surface area contributed by atoms with E-state index in [-0.39, 0.29) is 5.41 Å². The third-order valence-corrected chi connectivity index (χ3v) is 3.75. The zero-order valence-electron chi connectivity index (χ0n) is 12.8. The maximum atomic E-state index is 5.45. The predicted octanol–water partition coefficient (Wildman–Crippen LogP) is 3.93. The highest BCUT2D eigenvalue weighted by molar-refractivity contribution is 5.38. The molecule has 2 aromatic heterocycles. The Balaban J connectivity index is 2.48. The van der Waals surface area contributed by atoms with Crippen LogP contribution in [0, 0.1) is 0 Å². The van der Waals surface area contributed by atoms with E-state index in [4.69, 9.17) is 9.72 Å². The molecular formula is C17H22N2O. The Morgan fingerprint density at radius 1 is 1.05 bits per heavy atom. The zero-order valence-corrected chi connectivity index (χ0v) is 12.8. The maximum absolute atomic E-state index is 5.45. The van der Waals surface area contributed by atoms with Crippen molar-refractivity contribution in [3.05, 3.63) is 53.5 Å². The molecule has 0 saturated heterocycles. The summed E-state index contributed by atoms with van der Waals surface area (Å²) < 4.78 is 5.45. The molecule has 2 heterocycles. The van der Waals surface area contributed by atoms with Gasteiger partial charge in [-0.2, -0.15) is 0 Å². The predicted molar refractivity (Wildman–Crippen MR) is 81.2 cm³/mol. The molecule has 2 aromatic rings. The summed E-state index contributed by atoms with van der Waals surface area (Å²) in [7, 11) is 1.68. The van der Waals surface area contributed by atoms with Gasteiger partial charge in [0.05, 0.1) is 12.8 Å². The Hall–Kier alpha value is -1.90. The van der Waals surface area contributed by atoms with Gasteiger partial charge in [0.2, 0.25) is 5.88 Å². The Bertz CT molecular complexity index is 577. The van der Waals surface area contributed by atoms with Gasteiger partial charge in [-0.1, -0.05) is 33.8 Å². The second-order valence-corrected chi connectivity index (χ2v) is 5.81. The minimum Gasteiger partial charge on any atom is -0.481 e. The molecule has 0 spiro atoms. The summed E-state index contributed by atoms with van der Waals surface area (Å²) in [5, 5.41) is 0. The molecular weight excluding hydrogens is 248 g/mol. The Kier molecular flexibility index (Phi) is 4.07. The summed E-state index contributed by atoms with van der Waals surface area (Å²) in [4.78, 5) is 8.80. The summed E-state index contributed by atoms with van der Waals surface area (Å²) in [6.45, 7) is 8.62. The van der Waals surface area contributed by atoms with Gasteiger partial charge < -0.3 is 4.74 Å². The van der Waals surface area contributed by atoms with Crippen LogP contribution in [0.25, 0.3) is 0 Å². The van der Waals surface area contributed by atoms with Crippen molar-refractivity contribution < 1.29 is 4.74 Å². The quantitative estimate of drug-likeness (QED) is 0.844. The third kappa shape index (κ3) is 2.67. The minimum atomic E-state index is -0.175. The highest BCUT2D eigenvalue weighted by atomic mass is 16.5. The van der Waals surface area contributed by atoms with Gasteiger partial charge in [-0.05, 0) is 29.7 Å². The molecule has 0 fully saturated rings. The summed E-state index contributed by atoms with van der Waals surface area (Å²) in [6.07, 6.45) is 3.63. The van der Waals surface area contributed by atoms with Crippen LogP contribution in [0.5, 0.6) is 5.88 Å². The van der Waals surface area contributed by atoms with Gasteiger partial charge >= 0.3 is 0 Å². The van der Waals surface area contributed by atoms with E-state index in [0.29, 0.717) is 5.92 Å². The molecule has 3 nitrogen and oxygen atoms in total. The van der Waals surface area contributed by atoms with Gasteiger partial charge in [-0.15, -0.1) is 0 Å². The smallest absolute Gasteiger partial charge is 0.216 e. The molecule has 0 amide bonds. The molecule has 0 aliphatic carbocycles. The maximum Gasteiger partial charge on any atom is 0.216 e. The summed E-state index contributed by atoms with van der Waals surface area (Å²) in [5.74, 6) is 1.12. The largest absolute Gasteiger partial charge is 0.481 e. The normalized spacial score (nSPS) is 11.7. The van der Waals surface area contributed by atoms with Crippen molar-refractivity contribution >= 4 is 0 Å². The molecule has 0 aromatic carbocycles. The second kappa shape index (κ2) is 5.61. The first-order valence-corrected chi connectivity index (χ1v) is 6.92. The van der Waals surface area contributed by atoms with Crippen LogP contribution in [0.2, 0.25) is 0 Å². The van der Waals surface area contributed by atoms with Gasteiger partial charge in [0, 0.05) is 23.4 Å². The average Bonchev–Trinajstić information content (AvgIpc) is 2.47. The van der Waals surface area contributed by atoms with E-state index in [1.165, 1.54) is 5.56 Å². The van der Waals surface area contributed by atoms with Crippen LogP contribution in [0.4, 0.5) is 0 Å². The molecule has 2 rings (SSSR count). The first kappa shape index (κ1) is 14.5. The van der Waals surface area contributed by atoms with Crippen LogP contribution in [-0.2, 0) is 5.41 Å². The highest BCUT2D eigenvalue weighted by Gasteiger charge is 2.26. The number of aromatic nitrogens is 2. The average molecular weight is 270 g/mol. The van der Waals surface area contributed by atoms with Crippen molar-refractivity contribution in [3.8, 4) is 5.88 Å². The molecule has 0 radical (unpaired) electrons. The van der Waals surface area contributed by atoms with Crippen molar-refractivity contribution in [3.63, 3.8) is 0 Å². The number of pyridine rings is 2. The van der Waals surface area contributed by atoms with Gasteiger partial charge in [0.15, 0.2) is 0 Å². The van der Waals surface area contributed by atoms with E-state index < -0.39 is 0 Å². The topological polar surface area (TPSA) is 35.0 Å². The van der Waals surface area contributed by atoms with Crippen LogP contribution < -0.4 is 4.74 Å². The Morgan fingerprint density at radius 3 is 2.25 bits per heavy atom. The molecule has 0 N–H and O–H groups in total. The molecule has 0 bridgehead atoms. The highest BCUT2D eigenvalue weighted by Crippen LogP contribution is 2.33. The molecule has 0 atom stereocenters. The molecule has 0 unspecified atom stereocenters. The van der Waals surface area contributed by atoms with Crippen LogP contribution in [0.15, 0.2) is 36.7 Å². The molecule has 3 heteroatoms. The zero-order chi connectivity index (χ0) is 14.8. The molecule has 106 valence electrons. The lowest BCUT2D eigenvalue weighted by Gasteiger charge is -2.25. The number of hydrogen-bond donors (Lipinski definition) is 0. The number of ether oxygens (including phenoxy) is 1. The lowest BCUT2D eigenvalue weighted by Crippen LogP contribution is -2.21. The van der Waals surface area contributed by atoms with Gasteiger partial charge in [0.25, 0.3) is 0 Å². The summed E-state index contributed by atoms with van der Waals surface area (Å²) >= 11 is 0. The van der Waals surface area contributed by atoms with Crippen molar-refractivity contribution in [1.29, 1.82) is 0 Å². The van der Waals surface area contributed by atoms with Gasteiger partial charge in [-0.25, -0.2) is 4.98 Å². The van der Waals surface area contributed by atoms with E-state index in [9.17, 15) is 0 Å². The lowest BCUT2D eigenvalue weighted by molar-refractivity contribution is 0.385. The van der Waals surface area contributed by atoms with Crippen molar-refractivity contribution in [2.45, 2.75) is 39.0 Å². The fraction of sp³-hybridized carbons (Fsp3) is 0.412. The van der Waals surface area contributed by atoms with Gasteiger partial charge in [-0.3, -0.25) is 4.98 Å². The van der Waals surface area contributed by atoms with Crippen LogP contribution in [0.1, 0.15) is 50.4 Å². The molecule has 20 heavy (non-hydrogen) atoms. The van der Waals surface area contributed by atoms with Crippen molar-refractivity contribution in [1.82, 2.24) is 9.97 Å². The monoisotopic (exact) mass is 270 g/mol. The molecule has 0 aliphatic heterocycles. The fourth-order valence-corrected chi connectivity index (χ4v) is 2.32. The molecule has 0 saturated carbocycles. The molecule has 0 aliphatic rings. The fourth-order valence-electron chi connectivity index (χ4n) is 2.32. The van der Waals surface area contributed by atoms with E-state index in [1.807, 2.05) is 24.5 Å². The van der Waals surface area contributed by atoms with Crippen molar-refractivity contribution in [2.75, 3.05) is 7.11 Å². The minimum absolute atomic E-state index is 0.175. The van der Waals surface area contributed by atoms with Gasteiger partial charge in [0.1, 0.15) is 0 Å². The van der Waals surface area contributed by atoms with Crippen LogP contribution in [0.3, 0.4) is 0 Å². The third-order valence-electron chi connectivity index (χ3n) is 3.75. The number of methoxy groups -OCH3 is 1. The Morgan fingerprint density at radius 2 is 1.70 bits per heavy atom. The van der Waals surface area contributed by atoms with E-state index in [0.717, 1.165) is 17.1 Å². The Labute approximate surface area is 121 Å². The van der Waals surface area contributed by atoms with E-state index >= 15 is 0 Å². The SMILES string of the molecule is COc1nc(C(C)(C)c2ccncc2)ccc1C(C)C. The second-order valence-electron chi connectivity index (χ2n) is 5.81. The number of hydrogen-bond acceptors (Lipinski definition) is 3. The summed E-state index contributed by atoms with van der Waals surface area (Å²) in [6, 6.07) is 8.28. The summed E-state index contributed by atoms with van der Waals surface area (Å²) in [5.41, 5.74) is 3.16.